The Kier molecular flexibility index (Phi) is 5.03. The van der Waals surface area contributed by atoms with Gasteiger partial charge in [0.1, 0.15) is 0 Å². The van der Waals surface area contributed by atoms with Crippen LogP contribution in [0.5, 0.6) is 0 Å². The van der Waals surface area contributed by atoms with E-state index in [4.69, 9.17) is 0 Å². The molecule has 4 nitrogen and oxygen atoms in total. The predicted octanol–water partition coefficient (Wildman–Crippen LogP) is 4.35. The van der Waals surface area contributed by atoms with Gasteiger partial charge in [-0.25, -0.2) is 0 Å². The normalized spacial score (nSPS) is 12.8. The average Bonchev–Trinajstić information content (AvgIpc) is 2.64. The van der Waals surface area contributed by atoms with Crippen LogP contribution in [0.25, 0.3) is 11.0 Å². The highest BCUT2D eigenvalue weighted by atomic mass is 16.1. The average molecular weight is 347 g/mol. The molecular weight excluding hydrogens is 322 g/mol. The monoisotopic (exact) mass is 347 g/mol. The van der Waals surface area contributed by atoms with Crippen LogP contribution in [0.15, 0.2) is 54.9 Å². The smallest absolute Gasteiger partial charge is 0.227 e. The quantitative estimate of drug-likeness (QED) is 0.763. The molecule has 1 N–H and O–H groups in total. The molecule has 134 valence electrons. The van der Waals surface area contributed by atoms with Crippen molar-refractivity contribution in [3.63, 3.8) is 0 Å². The zero-order valence-electron chi connectivity index (χ0n) is 15.8. The van der Waals surface area contributed by atoms with Crippen molar-refractivity contribution in [2.24, 2.45) is 0 Å². The number of carbonyl (C=O) groups excluding carboxylic acids is 1. The number of nitrogens with zero attached hydrogens (tertiary/aromatic N) is 2. The number of nitrogens with one attached hydrogen (secondary N) is 1. The van der Waals surface area contributed by atoms with Gasteiger partial charge in [0.2, 0.25) is 5.91 Å². The van der Waals surface area contributed by atoms with Crippen LogP contribution in [0.3, 0.4) is 0 Å². The molecule has 0 saturated carbocycles. The van der Waals surface area contributed by atoms with Crippen LogP contribution in [0.1, 0.15) is 50.3 Å². The van der Waals surface area contributed by atoms with Crippen LogP contribution in [0, 0.1) is 0 Å². The number of hydrogen-bond acceptors (Lipinski definition) is 3. The maximum atomic E-state index is 12.5. The Bertz CT molecular complexity index is 911. The van der Waals surface area contributed by atoms with Gasteiger partial charge in [0.15, 0.2) is 0 Å². The van der Waals surface area contributed by atoms with E-state index in [1.807, 2.05) is 25.1 Å². The van der Waals surface area contributed by atoms with Gasteiger partial charge in [-0.15, -0.1) is 0 Å². The minimum Gasteiger partial charge on any atom is -0.352 e. The highest BCUT2D eigenvalue weighted by molar-refractivity contribution is 5.85. The summed E-state index contributed by atoms with van der Waals surface area (Å²) in [6.45, 7) is 9.02. The fourth-order valence-electron chi connectivity index (χ4n) is 2.87. The Hall–Kier alpha value is -2.75. The van der Waals surface area contributed by atoms with Gasteiger partial charge in [0.05, 0.1) is 17.0 Å². The molecule has 26 heavy (non-hydrogen) atoms. The van der Waals surface area contributed by atoms with Crippen LogP contribution in [-0.2, 0) is 16.8 Å². The van der Waals surface area contributed by atoms with Crippen molar-refractivity contribution >= 4 is 16.9 Å². The fraction of sp³-hybridized carbons (Fsp3) is 0.318. The molecular formula is C22H25N3O. The third-order valence-corrected chi connectivity index (χ3v) is 4.67. The van der Waals surface area contributed by atoms with Crippen molar-refractivity contribution in [1.82, 2.24) is 15.3 Å². The number of fused-ring (bicyclic) bond motifs is 1. The SMILES string of the molecule is CC(C(=O)NCc1ccc(C(C)(C)C)cc1)c1ccc2nccnc2c1. The summed E-state index contributed by atoms with van der Waals surface area (Å²) in [7, 11) is 0. The summed E-state index contributed by atoms with van der Waals surface area (Å²) >= 11 is 0. The molecule has 4 heteroatoms. The third-order valence-electron chi connectivity index (χ3n) is 4.67. The first-order chi connectivity index (χ1) is 12.3. The maximum absolute atomic E-state index is 12.5. The molecule has 0 bridgehead atoms. The lowest BCUT2D eigenvalue weighted by atomic mass is 9.87. The predicted molar refractivity (Wildman–Crippen MR) is 105 cm³/mol. The topological polar surface area (TPSA) is 54.9 Å². The molecule has 3 rings (SSSR count). The maximum Gasteiger partial charge on any atom is 0.227 e. The molecule has 1 heterocycles. The molecule has 1 amide bonds. The third kappa shape index (κ3) is 4.07. The molecule has 1 aromatic heterocycles. The van der Waals surface area contributed by atoms with E-state index in [2.05, 4.69) is 60.3 Å². The Morgan fingerprint density at radius 3 is 2.31 bits per heavy atom. The molecule has 1 atom stereocenters. The number of benzene rings is 2. The van der Waals surface area contributed by atoms with E-state index in [1.54, 1.807) is 12.4 Å². The van der Waals surface area contributed by atoms with Gasteiger partial charge < -0.3 is 5.32 Å². The summed E-state index contributed by atoms with van der Waals surface area (Å²) < 4.78 is 0. The molecule has 2 aromatic carbocycles. The van der Waals surface area contributed by atoms with Gasteiger partial charge in [-0.2, -0.15) is 0 Å². The largest absolute Gasteiger partial charge is 0.352 e. The van der Waals surface area contributed by atoms with E-state index in [-0.39, 0.29) is 17.2 Å². The van der Waals surface area contributed by atoms with Gasteiger partial charge in [-0.3, -0.25) is 14.8 Å². The number of aromatic nitrogens is 2. The Labute approximate surface area is 154 Å². The van der Waals surface area contributed by atoms with E-state index < -0.39 is 0 Å². The highest BCUT2D eigenvalue weighted by Crippen LogP contribution is 2.22. The molecule has 0 aliphatic heterocycles. The van der Waals surface area contributed by atoms with Crippen molar-refractivity contribution in [3.8, 4) is 0 Å². The van der Waals surface area contributed by atoms with Crippen molar-refractivity contribution in [1.29, 1.82) is 0 Å². The molecule has 0 saturated heterocycles. The van der Waals surface area contributed by atoms with Crippen LogP contribution in [-0.4, -0.2) is 15.9 Å². The minimum absolute atomic E-state index is 0.00754. The molecule has 0 spiro atoms. The molecule has 1 unspecified atom stereocenters. The second kappa shape index (κ2) is 7.24. The van der Waals surface area contributed by atoms with Gasteiger partial charge in [0, 0.05) is 18.9 Å². The first-order valence-corrected chi connectivity index (χ1v) is 8.92. The minimum atomic E-state index is -0.241. The summed E-state index contributed by atoms with van der Waals surface area (Å²) in [5.41, 5.74) is 5.11. The first-order valence-electron chi connectivity index (χ1n) is 8.92. The van der Waals surface area contributed by atoms with E-state index in [0.717, 1.165) is 22.2 Å². The Morgan fingerprint density at radius 2 is 1.65 bits per heavy atom. The van der Waals surface area contributed by atoms with Crippen LogP contribution < -0.4 is 5.32 Å². The van der Waals surface area contributed by atoms with E-state index in [0.29, 0.717) is 6.54 Å². The van der Waals surface area contributed by atoms with Gasteiger partial charge >= 0.3 is 0 Å². The molecule has 0 aliphatic rings. The van der Waals surface area contributed by atoms with Crippen molar-refractivity contribution < 1.29 is 4.79 Å². The summed E-state index contributed by atoms with van der Waals surface area (Å²) in [6.07, 6.45) is 3.33. The summed E-state index contributed by atoms with van der Waals surface area (Å²) in [5, 5.41) is 3.03. The molecule has 3 aromatic rings. The van der Waals surface area contributed by atoms with E-state index >= 15 is 0 Å². The lowest BCUT2D eigenvalue weighted by molar-refractivity contribution is -0.122. The highest BCUT2D eigenvalue weighted by Gasteiger charge is 2.16. The van der Waals surface area contributed by atoms with Gasteiger partial charge in [-0.1, -0.05) is 51.1 Å². The fourth-order valence-corrected chi connectivity index (χ4v) is 2.87. The lowest BCUT2D eigenvalue weighted by Crippen LogP contribution is -2.27. The summed E-state index contributed by atoms with van der Waals surface area (Å²) in [5.74, 6) is -0.233. The number of rotatable bonds is 4. The second-order valence-electron chi connectivity index (χ2n) is 7.69. The van der Waals surface area contributed by atoms with Crippen molar-refractivity contribution in [2.75, 3.05) is 0 Å². The van der Waals surface area contributed by atoms with Gasteiger partial charge in [-0.05, 0) is 41.2 Å². The molecule has 0 aliphatic carbocycles. The van der Waals surface area contributed by atoms with Crippen LogP contribution in [0.2, 0.25) is 0 Å². The zero-order chi connectivity index (χ0) is 18.7. The zero-order valence-corrected chi connectivity index (χ0v) is 15.8. The molecule has 0 fully saturated rings. The van der Waals surface area contributed by atoms with Crippen LogP contribution >= 0.6 is 0 Å². The van der Waals surface area contributed by atoms with Crippen molar-refractivity contribution in [2.45, 2.75) is 45.6 Å². The number of carbonyl (C=O) groups is 1. The summed E-state index contributed by atoms with van der Waals surface area (Å²) in [6, 6.07) is 14.2. The molecule has 0 radical (unpaired) electrons. The van der Waals surface area contributed by atoms with E-state index in [9.17, 15) is 4.79 Å². The standard InChI is InChI=1S/C22H25N3O/c1-15(17-7-10-19-20(13-17)24-12-11-23-19)21(26)25-14-16-5-8-18(9-6-16)22(2,3)4/h5-13,15H,14H2,1-4H3,(H,25,26). The summed E-state index contributed by atoms with van der Waals surface area (Å²) in [4.78, 5) is 21.1. The van der Waals surface area contributed by atoms with E-state index in [1.165, 1.54) is 5.56 Å². The lowest BCUT2D eigenvalue weighted by Gasteiger charge is -2.19. The second-order valence-corrected chi connectivity index (χ2v) is 7.69. The Balaban J connectivity index is 1.65. The van der Waals surface area contributed by atoms with Gasteiger partial charge in [0.25, 0.3) is 0 Å². The first kappa shape index (κ1) is 18.1. The number of amides is 1. The number of hydrogen-bond donors (Lipinski definition) is 1. The van der Waals surface area contributed by atoms with Crippen molar-refractivity contribution in [3.05, 3.63) is 71.5 Å². The van der Waals surface area contributed by atoms with Crippen LogP contribution in [0.4, 0.5) is 0 Å². The Morgan fingerprint density at radius 1 is 1.00 bits per heavy atom.